The van der Waals surface area contributed by atoms with Gasteiger partial charge in [0.2, 0.25) is 0 Å². The first-order valence-electron chi connectivity index (χ1n) is 5.73. The van der Waals surface area contributed by atoms with E-state index in [1.807, 2.05) is 36.4 Å². The van der Waals surface area contributed by atoms with Gasteiger partial charge in [-0.25, -0.2) is 0 Å². The van der Waals surface area contributed by atoms with Crippen molar-refractivity contribution in [3.8, 4) is 12.3 Å². The molecule has 0 saturated heterocycles. The van der Waals surface area contributed by atoms with E-state index in [9.17, 15) is 5.11 Å². The van der Waals surface area contributed by atoms with Gasteiger partial charge < -0.3 is 9.84 Å². The lowest BCUT2D eigenvalue weighted by Gasteiger charge is -2.02. The molecule has 1 unspecified atom stereocenters. The van der Waals surface area contributed by atoms with Crippen LogP contribution in [0.4, 0.5) is 0 Å². The van der Waals surface area contributed by atoms with Crippen LogP contribution in [0.3, 0.4) is 0 Å². The third-order valence-electron chi connectivity index (χ3n) is 2.23. The second kappa shape index (κ2) is 8.58. The van der Waals surface area contributed by atoms with Crippen molar-refractivity contribution in [3.63, 3.8) is 0 Å². The first-order valence-corrected chi connectivity index (χ1v) is 5.73. The smallest absolute Gasteiger partial charge is 0.0830 e. The van der Waals surface area contributed by atoms with Crippen molar-refractivity contribution in [2.75, 3.05) is 6.61 Å². The van der Waals surface area contributed by atoms with Crippen molar-refractivity contribution >= 4 is 0 Å². The van der Waals surface area contributed by atoms with Crippen LogP contribution in [-0.4, -0.2) is 17.8 Å². The molecule has 0 bridgehead atoms. The van der Waals surface area contributed by atoms with Crippen molar-refractivity contribution in [2.45, 2.75) is 25.6 Å². The Kier molecular flexibility index (Phi) is 6.81. The van der Waals surface area contributed by atoms with E-state index >= 15 is 0 Å². The van der Waals surface area contributed by atoms with E-state index in [1.54, 1.807) is 6.08 Å². The van der Waals surface area contributed by atoms with Crippen LogP contribution in [-0.2, 0) is 11.3 Å². The molecule has 0 aliphatic rings. The first kappa shape index (κ1) is 13.5. The van der Waals surface area contributed by atoms with Gasteiger partial charge in [-0.05, 0) is 12.0 Å². The van der Waals surface area contributed by atoms with Crippen LogP contribution < -0.4 is 0 Å². The molecule has 1 rings (SSSR count). The maximum absolute atomic E-state index is 9.31. The van der Waals surface area contributed by atoms with Gasteiger partial charge in [-0.15, -0.1) is 12.3 Å². The molecule has 17 heavy (non-hydrogen) atoms. The minimum Gasteiger partial charge on any atom is -0.388 e. The Balaban J connectivity index is 2.07. The normalized spacial score (nSPS) is 12.5. The van der Waals surface area contributed by atoms with Crippen molar-refractivity contribution < 1.29 is 9.84 Å². The van der Waals surface area contributed by atoms with E-state index in [0.29, 0.717) is 19.6 Å². The fourth-order valence-electron chi connectivity index (χ4n) is 1.36. The van der Waals surface area contributed by atoms with Crippen molar-refractivity contribution in [1.82, 2.24) is 0 Å². The van der Waals surface area contributed by atoms with Gasteiger partial charge in [0.05, 0.1) is 19.3 Å². The highest BCUT2D eigenvalue weighted by Gasteiger charge is 1.94. The van der Waals surface area contributed by atoms with Crippen molar-refractivity contribution in [1.29, 1.82) is 0 Å². The molecule has 0 saturated carbocycles. The molecule has 0 heterocycles. The number of terminal acetylenes is 1. The maximum atomic E-state index is 9.31. The second-order valence-electron chi connectivity index (χ2n) is 3.73. The zero-order valence-corrected chi connectivity index (χ0v) is 9.88. The Labute approximate surface area is 103 Å². The Hall–Kier alpha value is -1.56. The molecule has 1 aromatic rings. The van der Waals surface area contributed by atoms with E-state index in [1.165, 1.54) is 5.56 Å². The van der Waals surface area contributed by atoms with Crippen LogP contribution in [0, 0.1) is 12.3 Å². The molecule has 1 N–H and O–H groups in total. The van der Waals surface area contributed by atoms with Gasteiger partial charge in [-0.3, -0.25) is 0 Å². The number of hydrogen-bond acceptors (Lipinski definition) is 2. The summed E-state index contributed by atoms with van der Waals surface area (Å²) in [4.78, 5) is 0. The van der Waals surface area contributed by atoms with Crippen molar-refractivity contribution in [3.05, 3.63) is 48.0 Å². The minimum atomic E-state index is -0.533. The lowest BCUT2D eigenvalue weighted by atomic mass is 10.2. The predicted molar refractivity (Wildman–Crippen MR) is 69.3 cm³/mol. The van der Waals surface area contributed by atoms with E-state index in [4.69, 9.17) is 11.2 Å². The fraction of sp³-hybridized carbons (Fsp3) is 0.333. The molecular formula is C15H18O2. The summed E-state index contributed by atoms with van der Waals surface area (Å²) in [6, 6.07) is 10.0. The predicted octanol–water partition coefficient (Wildman–Crippen LogP) is 2.53. The van der Waals surface area contributed by atoms with Crippen LogP contribution in [0.1, 0.15) is 18.4 Å². The monoisotopic (exact) mass is 230 g/mol. The Bertz CT molecular complexity index is 362. The fourth-order valence-corrected chi connectivity index (χ4v) is 1.36. The lowest BCUT2D eigenvalue weighted by Crippen LogP contribution is -2.00. The summed E-state index contributed by atoms with van der Waals surface area (Å²) in [6.07, 6.45) is 9.30. The molecule has 2 nitrogen and oxygen atoms in total. The Morgan fingerprint density at radius 3 is 2.82 bits per heavy atom. The number of aliphatic hydroxyl groups excluding tert-OH is 1. The van der Waals surface area contributed by atoms with Crippen molar-refractivity contribution in [2.24, 2.45) is 0 Å². The zero-order valence-electron chi connectivity index (χ0n) is 9.88. The topological polar surface area (TPSA) is 29.5 Å². The van der Waals surface area contributed by atoms with Crippen LogP contribution >= 0.6 is 0 Å². The Morgan fingerprint density at radius 1 is 1.35 bits per heavy atom. The van der Waals surface area contributed by atoms with Gasteiger partial charge >= 0.3 is 0 Å². The largest absolute Gasteiger partial charge is 0.388 e. The molecule has 2 heteroatoms. The van der Waals surface area contributed by atoms with E-state index < -0.39 is 6.10 Å². The number of hydrogen-bond donors (Lipinski definition) is 1. The van der Waals surface area contributed by atoms with Gasteiger partial charge in [0.25, 0.3) is 0 Å². The number of rotatable bonds is 7. The molecular weight excluding hydrogens is 212 g/mol. The average molecular weight is 230 g/mol. The summed E-state index contributed by atoms with van der Waals surface area (Å²) in [6.45, 7) is 1.27. The first-order chi connectivity index (χ1) is 8.33. The average Bonchev–Trinajstić information content (AvgIpc) is 2.35. The molecule has 1 atom stereocenters. The van der Waals surface area contributed by atoms with Gasteiger partial charge in [0.15, 0.2) is 0 Å². The molecule has 0 aromatic heterocycles. The third kappa shape index (κ3) is 6.57. The molecule has 0 radical (unpaired) electrons. The summed E-state index contributed by atoms with van der Waals surface area (Å²) in [5, 5.41) is 9.31. The van der Waals surface area contributed by atoms with Crippen LogP contribution in [0.2, 0.25) is 0 Å². The van der Waals surface area contributed by atoms with E-state index in [0.717, 1.165) is 6.42 Å². The quantitative estimate of drug-likeness (QED) is 0.443. The molecule has 0 aliphatic heterocycles. The third-order valence-corrected chi connectivity index (χ3v) is 2.23. The molecule has 0 aliphatic carbocycles. The summed E-state index contributed by atoms with van der Waals surface area (Å²) in [5.41, 5.74) is 1.17. The van der Waals surface area contributed by atoms with Crippen LogP contribution in [0.15, 0.2) is 42.5 Å². The maximum Gasteiger partial charge on any atom is 0.0830 e. The van der Waals surface area contributed by atoms with Crippen LogP contribution in [0.25, 0.3) is 0 Å². The molecule has 0 fully saturated rings. The summed E-state index contributed by atoms with van der Waals surface area (Å²) >= 11 is 0. The SMILES string of the molecule is C#CCC(O)/C=C/CCOCc1ccccc1. The minimum absolute atomic E-state index is 0.362. The Morgan fingerprint density at radius 2 is 2.12 bits per heavy atom. The van der Waals surface area contributed by atoms with E-state index in [-0.39, 0.29) is 0 Å². The van der Waals surface area contributed by atoms with Gasteiger partial charge in [0.1, 0.15) is 0 Å². The highest BCUT2D eigenvalue weighted by atomic mass is 16.5. The molecule has 90 valence electrons. The summed E-state index contributed by atoms with van der Waals surface area (Å²) < 4.78 is 5.49. The highest BCUT2D eigenvalue weighted by Crippen LogP contribution is 2.01. The van der Waals surface area contributed by atoms with Gasteiger partial charge in [-0.1, -0.05) is 42.5 Å². The molecule has 0 spiro atoms. The van der Waals surface area contributed by atoms with Crippen LogP contribution in [0.5, 0.6) is 0 Å². The van der Waals surface area contributed by atoms with E-state index in [2.05, 4.69) is 5.92 Å². The van der Waals surface area contributed by atoms with Gasteiger partial charge in [-0.2, -0.15) is 0 Å². The second-order valence-corrected chi connectivity index (χ2v) is 3.73. The summed E-state index contributed by atoms with van der Waals surface area (Å²) in [7, 11) is 0. The molecule has 1 aromatic carbocycles. The molecule has 0 amide bonds. The lowest BCUT2D eigenvalue weighted by molar-refractivity contribution is 0.125. The number of benzene rings is 1. The standard InChI is InChI=1S/C15H18O2/c1-2-8-15(16)11-6-7-12-17-13-14-9-4-3-5-10-14/h1,3-6,9-11,15-16H,7-8,12-13H2/b11-6+. The number of aliphatic hydroxyl groups is 1. The zero-order chi connectivity index (χ0) is 12.3. The van der Waals surface area contributed by atoms with Gasteiger partial charge in [0, 0.05) is 6.42 Å². The highest BCUT2D eigenvalue weighted by molar-refractivity contribution is 5.13. The number of ether oxygens (including phenoxy) is 1. The summed E-state index contributed by atoms with van der Waals surface area (Å²) in [5.74, 6) is 2.41.